The zero-order valence-corrected chi connectivity index (χ0v) is 17.4. The summed E-state index contributed by atoms with van der Waals surface area (Å²) in [7, 11) is 1.43. The maximum Gasteiger partial charge on any atom is 0.312 e. The molecule has 3 N–H and O–H groups in total. The molecule has 3 aromatic carbocycles. The minimum absolute atomic E-state index is 0.0493. The molecule has 1 aromatic heterocycles. The molecule has 2 heterocycles. The fourth-order valence-electron chi connectivity index (χ4n) is 4.18. The molecule has 0 aliphatic carbocycles. The Morgan fingerprint density at radius 2 is 1.73 bits per heavy atom. The van der Waals surface area contributed by atoms with Gasteiger partial charge in [-0.2, -0.15) is 0 Å². The number of fused-ring (bicyclic) bond motifs is 3. The Morgan fingerprint density at radius 3 is 2.42 bits per heavy atom. The second-order valence-electron chi connectivity index (χ2n) is 7.70. The van der Waals surface area contributed by atoms with Gasteiger partial charge in [0.05, 0.1) is 19.1 Å². The van der Waals surface area contributed by atoms with Gasteiger partial charge in [0.2, 0.25) is 5.43 Å². The number of carbonyl (C=O) groups is 1. The standard InChI is InChI=1S/C25H18O8/c1-31-19-7-4-13(8-17(19)27)15-9-21(29)33-20-10-18(28)23-24(30)16(11-32-25(23)22(15)20)12-2-5-14(26)6-3-12/h2-8,10-11,15,26-28H,9H2,1H3. The third kappa shape index (κ3) is 3.32. The van der Waals surface area contributed by atoms with Gasteiger partial charge in [-0.15, -0.1) is 0 Å². The first-order valence-corrected chi connectivity index (χ1v) is 10.1. The molecule has 1 atom stereocenters. The van der Waals surface area contributed by atoms with E-state index in [1.54, 1.807) is 24.3 Å². The predicted molar refractivity (Wildman–Crippen MR) is 118 cm³/mol. The van der Waals surface area contributed by atoms with Crippen molar-refractivity contribution in [2.45, 2.75) is 12.3 Å². The Hall–Kier alpha value is -4.46. The highest BCUT2D eigenvalue weighted by atomic mass is 16.5. The van der Waals surface area contributed by atoms with Crippen LogP contribution in [-0.2, 0) is 4.79 Å². The molecule has 0 fully saturated rings. The van der Waals surface area contributed by atoms with Crippen molar-refractivity contribution in [3.05, 3.63) is 76.1 Å². The van der Waals surface area contributed by atoms with Crippen LogP contribution >= 0.6 is 0 Å². The van der Waals surface area contributed by atoms with E-state index in [4.69, 9.17) is 13.9 Å². The second kappa shape index (κ2) is 7.59. The van der Waals surface area contributed by atoms with Gasteiger partial charge in [0.15, 0.2) is 11.5 Å². The Bertz CT molecular complexity index is 1470. The van der Waals surface area contributed by atoms with Crippen LogP contribution in [0.1, 0.15) is 23.5 Å². The summed E-state index contributed by atoms with van der Waals surface area (Å²) in [6.45, 7) is 0. The van der Waals surface area contributed by atoms with Gasteiger partial charge < -0.3 is 29.2 Å². The van der Waals surface area contributed by atoms with E-state index >= 15 is 0 Å². The zero-order chi connectivity index (χ0) is 23.3. The summed E-state index contributed by atoms with van der Waals surface area (Å²) >= 11 is 0. The number of ether oxygens (including phenoxy) is 2. The van der Waals surface area contributed by atoms with Gasteiger partial charge in [0, 0.05) is 17.5 Å². The Labute approximate surface area is 186 Å². The fourth-order valence-corrected chi connectivity index (χ4v) is 4.18. The van der Waals surface area contributed by atoms with Crippen LogP contribution in [0.25, 0.3) is 22.1 Å². The number of aromatic hydroxyl groups is 3. The van der Waals surface area contributed by atoms with Crippen molar-refractivity contribution in [1.82, 2.24) is 0 Å². The Balaban J connectivity index is 1.75. The summed E-state index contributed by atoms with van der Waals surface area (Å²) in [5.74, 6) is -1.20. The number of methoxy groups -OCH3 is 1. The van der Waals surface area contributed by atoms with Crippen molar-refractivity contribution < 1.29 is 34.0 Å². The molecule has 0 saturated carbocycles. The van der Waals surface area contributed by atoms with E-state index in [1.807, 2.05) is 0 Å². The number of carbonyl (C=O) groups excluding carboxylic acids is 1. The predicted octanol–water partition coefficient (Wildman–Crippen LogP) is 4.03. The smallest absolute Gasteiger partial charge is 0.312 e. The first-order valence-electron chi connectivity index (χ1n) is 10.1. The lowest BCUT2D eigenvalue weighted by molar-refractivity contribution is -0.135. The zero-order valence-electron chi connectivity index (χ0n) is 17.4. The van der Waals surface area contributed by atoms with Crippen LogP contribution in [-0.4, -0.2) is 28.4 Å². The molecule has 0 bridgehead atoms. The van der Waals surface area contributed by atoms with Crippen LogP contribution in [0.3, 0.4) is 0 Å². The van der Waals surface area contributed by atoms with E-state index in [1.165, 1.54) is 37.6 Å². The van der Waals surface area contributed by atoms with E-state index in [2.05, 4.69) is 0 Å². The molecule has 8 heteroatoms. The van der Waals surface area contributed by atoms with Crippen LogP contribution in [0.5, 0.6) is 28.7 Å². The summed E-state index contributed by atoms with van der Waals surface area (Å²) in [6.07, 6.45) is 1.22. The van der Waals surface area contributed by atoms with E-state index in [9.17, 15) is 24.9 Å². The summed E-state index contributed by atoms with van der Waals surface area (Å²) in [5, 5.41) is 30.3. The summed E-state index contributed by atoms with van der Waals surface area (Å²) in [6, 6.07) is 12.0. The van der Waals surface area contributed by atoms with Crippen LogP contribution in [0.4, 0.5) is 0 Å². The molecular formula is C25H18O8. The maximum absolute atomic E-state index is 13.3. The average Bonchev–Trinajstić information content (AvgIpc) is 2.79. The fraction of sp³-hybridized carbons (Fsp3) is 0.120. The molecule has 1 aliphatic heterocycles. The number of hydrogen-bond acceptors (Lipinski definition) is 8. The molecule has 0 radical (unpaired) electrons. The van der Waals surface area contributed by atoms with E-state index in [0.29, 0.717) is 16.7 Å². The van der Waals surface area contributed by atoms with Crippen molar-refractivity contribution in [1.29, 1.82) is 0 Å². The molecule has 166 valence electrons. The second-order valence-corrected chi connectivity index (χ2v) is 7.70. The Kier molecular flexibility index (Phi) is 4.70. The minimum atomic E-state index is -0.594. The maximum atomic E-state index is 13.3. The molecule has 1 aliphatic rings. The molecular weight excluding hydrogens is 428 g/mol. The quantitative estimate of drug-likeness (QED) is 0.318. The number of esters is 1. The third-order valence-electron chi connectivity index (χ3n) is 5.75. The van der Waals surface area contributed by atoms with Crippen LogP contribution in [0.2, 0.25) is 0 Å². The number of rotatable bonds is 3. The van der Waals surface area contributed by atoms with Crippen LogP contribution in [0, 0.1) is 0 Å². The Morgan fingerprint density at radius 1 is 0.970 bits per heavy atom. The first-order chi connectivity index (χ1) is 15.9. The van der Waals surface area contributed by atoms with Gasteiger partial charge in [0.25, 0.3) is 0 Å². The van der Waals surface area contributed by atoms with E-state index in [0.717, 1.165) is 0 Å². The van der Waals surface area contributed by atoms with Crippen molar-refractivity contribution in [3.8, 4) is 39.9 Å². The molecule has 33 heavy (non-hydrogen) atoms. The van der Waals surface area contributed by atoms with E-state index < -0.39 is 17.3 Å². The molecule has 0 spiro atoms. The van der Waals surface area contributed by atoms with Crippen molar-refractivity contribution in [2.24, 2.45) is 0 Å². The summed E-state index contributed by atoms with van der Waals surface area (Å²) in [5.41, 5.74) is 1.32. The normalized spacial score (nSPS) is 15.2. The highest BCUT2D eigenvalue weighted by Gasteiger charge is 2.34. The summed E-state index contributed by atoms with van der Waals surface area (Å²) in [4.78, 5) is 25.6. The van der Waals surface area contributed by atoms with Crippen LogP contribution < -0.4 is 14.9 Å². The van der Waals surface area contributed by atoms with Gasteiger partial charge in [-0.1, -0.05) is 18.2 Å². The highest BCUT2D eigenvalue weighted by molar-refractivity contribution is 5.94. The van der Waals surface area contributed by atoms with Gasteiger partial charge in [-0.05, 0) is 35.4 Å². The highest BCUT2D eigenvalue weighted by Crippen LogP contribution is 2.46. The number of hydrogen-bond donors (Lipinski definition) is 3. The lowest BCUT2D eigenvalue weighted by Crippen LogP contribution is -2.22. The summed E-state index contributed by atoms with van der Waals surface area (Å²) < 4.78 is 16.3. The number of benzene rings is 3. The van der Waals surface area contributed by atoms with Crippen LogP contribution in [0.15, 0.2) is 64.0 Å². The molecule has 1 unspecified atom stereocenters. The van der Waals surface area contributed by atoms with Crippen molar-refractivity contribution in [2.75, 3.05) is 7.11 Å². The van der Waals surface area contributed by atoms with Gasteiger partial charge in [0.1, 0.15) is 34.5 Å². The lowest BCUT2D eigenvalue weighted by Gasteiger charge is -2.26. The average molecular weight is 446 g/mol. The largest absolute Gasteiger partial charge is 0.508 e. The van der Waals surface area contributed by atoms with Crippen molar-refractivity contribution in [3.63, 3.8) is 0 Å². The van der Waals surface area contributed by atoms with Gasteiger partial charge in [-0.25, -0.2) is 0 Å². The van der Waals surface area contributed by atoms with Gasteiger partial charge >= 0.3 is 5.97 Å². The number of phenols is 3. The third-order valence-corrected chi connectivity index (χ3v) is 5.75. The lowest BCUT2D eigenvalue weighted by atomic mass is 9.84. The topological polar surface area (TPSA) is 126 Å². The van der Waals surface area contributed by atoms with Gasteiger partial charge in [-0.3, -0.25) is 9.59 Å². The first kappa shape index (κ1) is 20.4. The molecule has 8 nitrogen and oxygen atoms in total. The molecule has 0 saturated heterocycles. The SMILES string of the molecule is COc1ccc(C2CC(=O)Oc3cc(O)c4c(=O)c(-c5ccc(O)cc5)coc4c32)cc1O. The number of phenolic OH excluding ortho intramolecular Hbond substituents is 3. The molecule has 4 aromatic rings. The monoisotopic (exact) mass is 446 g/mol. The minimum Gasteiger partial charge on any atom is -0.508 e. The van der Waals surface area contributed by atoms with Crippen molar-refractivity contribution >= 4 is 16.9 Å². The molecule has 0 amide bonds. The molecule has 5 rings (SSSR count). The van der Waals surface area contributed by atoms with E-state index in [-0.39, 0.29) is 51.7 Å².